The lowest BCUT2D eigenvalue weighted by atomic mass is 9.73. The molecule has 1 aliphatic rings. The van der Waals surface area contributed by atoms with Crippen molar-refractivity contribution in [2.45, 2.75) is 44.6 Å². The fourth-order valence-corrected chi connectivity index (χ4v) is 3.59. The Bertz CT molecular complexity index is 696. The van der Waals surface area contributed by atoms with E-state index in [0.29, 0.717) is 18.7 Å². The summed E-state index contributed by atoms with van der Waals surface area (Å²) in [6.45, 7) is 2.67. The molecule has 1 aliphatic carbocycles. The highest BCUT2D eigenvalue weighted by molar-refractivity contribution is 5.87. The number of hydrogen-bond acceptors (Lipinski definition) is 5. The van der Waals surface area contributed by atoms with Gasteiger partial charge in [0.2, 0.25) is 0 Å². The van der Waals surface area contributed by atoms with Gasteiger partial charge in [-0.1, -0.05) is 61.4 Å². The van der Waals surface area contributed by atoms with Gasteiger partial charge in [-0.25, -0.2) is 0 Å². The van der Waals surface area contributed by atoms with E-state index in [1.165, 1.54) is 0 Å². The van der Waals surface area contributed by atoms with Crippen LogP contribution in [0.5, 0.6) is 0 Å². The lowest BCUT2D eigenvalue weighted by Gasteiger charge is -2.37. The second-order valence-corrected chi connectivity index (χ2v) is 6.91. The summed E-state index contributed by atoms with van der Waals surface area (Å²) < 4.78 is 4.80. The van der Waals surface area contributed by atoms with Gasteiger partial charge in [-0.2, -0.15) is 0 Å². The predicted octanol–water partition coefficient (Wildman–Crippen LogP) is 2.15. The first-order chi connectivity index (χ1) is 13.6. The number of carbonyl (C=O) groups excluding carboxylic acids is 2. The van der Waals surface area contributed by atoms with Crippen molar-refractivity contribution in [2.24, 2.45) is 5.92 Å². The number of benzene rings is 1. The van der Waals surface area contributed by atoms with Crippen LogP contribution >= 0.6 is 12.4 Å². The number of ether oxygens (including phenoxy) is 1. The molecule has 0 aliphatic heterocycles. The minimum atomic E-state index is -1.54. The quantitative estimate of drug-likeness (QED) is 0.339. The normalized spacial score (nSPS) is 15.8. The Balaban J connectivity index is 0.00000420. The molecule has 2 rings (SSSR count). The zero-order valence-electron chi connectivity index (χ0n) is 16.9. The van der Waals surface area contributed by atoms with Crippen LogP contribution in [-0.4, -0.2) is 43.2 Å². The Morgan fingerprint density at radius 1 is 1.14 bits per heavy atom. The average Bonchev–Trinajstić information content (AvgIpc) is 2.73. The molecule has 0 spiro atoms. The maximum atomic E-state index is 12.9. The van der Waals surface area contributed by atoms with Crippen LogP contribution in [0.4, 0.5) is 0 Å². The van der Waals surface area contributed by atoms with Crippen LogP contribution in [0.25, 0.3) is 0 Å². The van der Waals surface area contributed by atoms with Crippen molar-refractivity contribution in [2.75, 3.05) is 26.2 Å². The molecule has 29 heavy (non-hydrogen) atoms. The molecule has 160 valence electrons. The minimum absolute atomic E-state index is 0. The molecule has 1 fully saturated rings. The van der Waals surface area contributed by atoms with Crippen molar-refractivity contribution in [1.82, 2.24) is 10.6 Å². The van der Waals surface area contributed by atoms with Gasteiger partial charge in [0, 0.05) is 5.92 Å². The molecular formula is C22H31ClN2O4. The Morgan fingerprint density at radius 2 is 1.79 bits per heavy atom. The molecule has 0 aromatic heterocycles. The van der Waals surface area contributed by atoms with Crippen molar-refractivity contribution in [3.05, 3.63) is 35.9 Å². The zero-order chi connectivity index (χ0) is 20.2. The molecule has 0 saturated heterocycles. The van der Waals surface area contributed by atoms with Crippen molar-refractivity contribution in [3.8, 4) is 11.8 Å². The van der Waals surface area contributed by atoms with Crippen molar-refractivity contribution in [3.63, 3.8) is 0 Å². The van der Waals surface area contributed by atoms with Gasteiger partial charge in [-0.05, 0) is 25.3 Å². The summed E-state index contributed by atoms with van der Waals surface area (Å²) in [5, 5.41) is 17.0. The molecule has 1 aromatic carbocycles. The molecule has 0 heterocycles. The third-order valence-corrected chi connectivity index (χ3v) is 5.01. The zero-order valence-corrected chi connectivity index (χ0v) is 17.7. The summed E-state index contributed by atoms with van der Waals surface area (Å²) >= 11 is 0. The highest BCUT2D eigenvalue weighted by Gasteiger charge is 2.45. The molecule has 1 unspecified atom stereocenters. The molecular weight excluding hydrogens is 392 g/mol. The topological polar surface area (TPSA) is 87.7 Å². The standard InChI is InChI=1S/C22H30N2O4.ClH/c1-2-28-20(25)17-23-15-9-10-16-24-21(26)22(27,18-11-5-3-6-12-18)19-13-7-4-8-14-19;/h3,5-6,11-12,19,23,27H,2,4,7-8,13-17H2,1H3,(H,24,26);1H. The van der Waals surface area contributed by atoms with Gasteiger partial charge in [0.15, 0.2) is 5.60 Å². The summed E-state index contributed by atoms with van der Waals surface area (Å²) in [4.78, 5) is 24.1. The highest BCUT2D eigenvalue weighted by Crippen LogP contribution is 2.39. The minimum Gasteiger partial charge on any atom is -0.465 e. The van der Waals surface area contributed by atoms with E-state index in [9.17, 15) is 14.7 Å². The van der Waals surface area contributed by atoms with Gasteiger partial charge in [-0.3, -0.25) is 14.9 Å². The van der Waals surface area contributed by atoms with Crippen molar-refractivity contribution in [1.29, 1.82) is 0 Å². The third-order valence-electron chi connectivity index (χ3n) is 5.01. The Kier molecular flexibility index (Phi) is 11.4. The first-order valence-electron chi connectivity index (χ1n) is 9.97. The Hall–Kier alpha value is -2.07. The summed E-state index contributed by atoms with van der Waals surface area (Å²) in [7, 11) is 0. The molecule has 0 bridgehead atoms. The Morgan fingerprint density at radius 3 is 2.45 bits per heavy atom. The number of rotatable bonds is 8. The smallest absolute Gasteiger partial charge is 0.319 e. The van der Waals surface area contributed by atoms with Crippen molar-refractivity contribution < 1.29 is 19.4 Å². The van der Waals surface area contributed by atoms with E-state index in [4.69, 9.17) is 4.74 Å². The number of hydrogen-bond donors (Lipinski definition) is 3. The van der Waals surface area contributed by atoms with E-state index in [2.05, 4.69) is 22.5 Å². The molecule has 1 aromatic rings. The number of nitrogens with one attached hydrogen (secondary N) is 2. The number of carbonyl (C=O) groups is 2. The largest absolute Gasteiger partial charge is 0.465 e. The second kappa shape index (κ2) is 13.2. The van der Waals surface area contributed by atoms with E-state index >= 15 is 0 Å². The summed E-state index contributed by atoms with van der Waals surface area (Å²) in [6.07, 6.45) is 4.87. The monoisotopic (exact) mass is 422 g/mol. The predicted molar refractivity (Wildman–Crippen MR) is 114 cm³/mol. The van der Waals surface area contributed by atoms with E-state index < -0.39 is 11.5 Å². The number of halogens is 1. The Labute approximate surface area is 179 Å². The molecule has 3 N–H and O–H groups in total. The molecule has 6 nitrogen and oxygen atoms in total. The highest BCUT2D eigenvalue weighted by atomic mass is 35.5. The van der Waals surface area contributed by atoms with Crippen molar-refractivity contribution >= 4 is 24.3 Å². The van der Waals surface area contributed by atoms with E-state index in [1.807, 2.05) is 18.2 Å². The fraction of sp³-hybridized carbons (Fsp3) is 0.545. The van der Waals surface area contributed by atoms with Crippen LogP contribution in [0, 0.1) is 17.8 Å². The third kappa shape index (κ3) is 7.36. The lowest BCUT2D eigenvalue weighted by Crippen LogP contribution is -2.50. The number of esters is 1. The van der Waals surface area contributed by atoms with E-state index in [1.54, 1.807) is 19.1 Å². The summed E-state index contributed by atoms with van der Waals surface area (Å²) in [6, 6.07) is 9.16. The van der Waals surface area contributed by atoms with Crippen LogP contribution in [0.3, 0.4) is 0 Å². The fourth-order valence-electron chi connectivity index (χ4n) is 3.59. The van der Waals surface area contributed by atoms with Crippen LogP contribution < -0.4 is 10.6 Å². The van der Waals surface area contributed by atoms with E-state index in [0.717, 1.165) is 32.1 Å². The van der Waals surface area contributed by atoms with Gasteiger partial charge in [0.05, 0.1) is 26.2 Å². The van der Waals surface area contributed by atoms with Gasteiger partial charge >= 0.3 is 5.97 Å². The first-order valence-corrected chi connectivity index (χ1v) is 9.97. The van der Waals surface area contributed by atoms with Crippen LogP contribution in [-0.2, 0) is 19.9 Å². The molecule has 1 amide bonds. The molecule has 1 saturated carbocycles. The van der Waals surface area contributed by atoms with Gasteiger partial charge in [0.25, 0.3) is 5.91 Å². The number of amides is 1. The summed E-state index contributed by atoms with van der Waals surface area (Å²) in [5.74, 6) is 4.87. The van der Waals surface area contributed by atoms with Gasteiger partial charge in [-0.15, -0.1) is 12.4 Å². The molecule has 0 radical (unpaired) electrons. The number of aliphatic hydroxyl groups is 1. The summed E-state index contributed by atoms with van der Waals surface area (Å²) in [5.41, 5.74) is -0.908. The molecule has 7 heteroatoms. The van der Waals surface area contributed by atoms with Crippen LogP contribution in [0.1, 0.15) is 44.6 Å². The maximum absolute atomic E-state index is 12.9. The van der Waals surface area contributed by atoms with Crippen LogP contribution in [0.2, 0.25) is 0 Å². The van der Waals surface area contributed by atoms with Gasteiger partial charge in [0.1, 0.15) is 0 Å². The van der Waals surface area contributed by atoms with E-state index in [-0.39, 0.29) is 37.4 Å². The van der Waals surface area contributed by atoms with Gasteiger partial charge < -0.3 is 15.2 Å². The second-order valence-electron chi connectivity index (χ2n) is 6.91. The van der Waals surface area contributed by atoms with Crippen LogP contribution in [0.15, 0.2) is 30.3 Å². The maximum Gasteiger partial charge on any atom is 0.319 e. The SMILES string of the molecule is CCOC(=O)CNCC#CCNC(=O)C(O)(c1ccccc1)C1CCCCC1.Cl. The first kappa shape index (κ1) is 25.0. The molecule has 1 atom stereocenters. The lowest BCUT2D eigenvalue weighted by molar-refractivity contribution is -0.149. The average molecular weight is 423 g/mol.